The fourth-order valence-electron chi connectivity index (χ4n) is 3.01. The predicted octanol–water partition coefficient (Wildman–Crippen LogP) is 3.85. The number of aromatic nitrogens is 2. The molecule has 1 aromatic heterocycles. The van der Waals surface area contributed by atoms with E-state index in [4.69, 9.17) is 4.74 Å². The number of fused-ring (bicyclic) bond motifs is 1. The van der Waals surface area contributed by atoms with Gasteiger partial charge >= 0.3 is 6.09 Å². The number of anilines is 1. The molecule has 9 heteroatoms. The number of hydrogen-bond donors (Lipinski definition) is 2. The van der Waals surface area contributed by atoms with E-state index in [1.54, 1.807) is 4.90 Å². The number of carbonyl (C=O) groups excluding carboxylic acids is 2. The summed E-state index contributed by atoms with van der Waals surface area (Å²) >= 11 is 3.63. The highest BCUT2D eigenvalue weighted by molar-refractivity contribution is 14.1. The van der Waals surface area contributed by atoms with Gasteiger partial charge in [0.2, 0.25) is 5.91 Å². The van der Waals surface area contributed by atoms with Gasteiger partial charge in [-0.3, -0.25) is 9.89 Å². The minimum Gasteiger partial charge on any atom is -0.444 e. The van der Waals surface area contributed by atoms with Gasteiger partial charge in [-0.1, -0.05) is 0 Å². The maximum Gasteiger partial charge on any atom is 0.410 e. The van der Waals surface area contributed by atoms with Crippen LogP contribution in [-0.2, 0) is 9.53 Å². The molecule has 0 aliphatic carbocycles. The maximum atomic E-state index is 13.0. The summed E-state index contributed by atoms with van der Waals surface area (Å²) in [7, 11) is 0. The first-order chi connectivity index (χ1) is 12.6. The van der Waals surface area contributed by atoms with Crippen LogP contribution >= 0.6 is 34.4 Å². The van der Waals surface area contributed by atoms with Crippen molar-refractivity contribution >= 4 is 62.9 Å². The zero-order valence-electron chi connectivity index (χ0n) is 15.8. The number of amides is 2. The molecule has 1 aliphatic rings. The van der Waals surface area contributed by atoms with Crippen LogP contribution < -0.4 is 5.32 Å². The number of ether oxygens (including phenoxy) is 1. The number of likely N-dealkylation sites (tertiary alicyclic amines) is 1. The minimum atomic E-state index is -0.685. The highest BCUT2D eigenvalue weighted by Gasteiger charge is 2.46. The van der Waals surface area contributed by atoms with Crippen LogP contribution in [0.25, 0.3) is 10.9 Å². The van der Waals surface area contributed by atoms with Crippen molar-refractivity contribution < 1.29 is 14.3 Å². The van der Waals surface area contributed by atoms with E-state index in [1.165, 1.54) is 11.8 Å². The summed E-state index contributed by atoms with van der Waals surface area (Å²) in [6.45, 7) is 6.34. The number of carbonyl (C=O) groups is 2. The lowest BCUT2D eigenvalue weighted by molar-refractivity contribution is -0.118. The number of thioether (sulfide) groups is 1. The Bertz CT molecular complexity index is 879. The van der Waals surface area contributed by atoms with E-state index in [1.807, 2.05) is 45.2 Å². The molecule has 1 atom stereocenters. The van der Waals surface area contributed by atoms with Crippen molar-refractivity contribution in [2.45, 2.75) is 37.5 Å². The van der Waals surface area contributed by atoms with Crippen molar-refractivity contribution in [3.05, 3.63) is 21.9 Å². The monoisotopic (exact) mass is 502 g/mol. The van der Waals surface area contributed by atoms with Crippen molar-refractivity contribution in [1.29, 1.82) is 0 Å². The van der Waals surface area contributed by atoms with Crippen molar-refractivity contribution in [1.82, 2.24) is 15.1 Å². The lowest BCUT2D eigenvalue weighted by atomic mass is 10.1. The van der Waals surface area contributed by atoms with Gasteiger partial charge < -0.3 is 15.0 Å². The van der Waals surface area contributed by atoms with Crippen LogP contribution in [0, 0.1) is 3.70 Å². The van der Waals surface area contributed by atoms with Crippen LogP contribution in [0.2, 0.25) is 0 Å². The predicted molar refractivity (Wildman–Crippen MR) is 116 cm³/mol. The van der Waals surface area contributed by atoms with Gasteiger partial charge in [-0.15, -0.1) is 11.8 Å². The molecule has 0 spiro atoms. The molecule has 1 aliphatic heterocycles. The molecule has 2 aromatic rings. The highest BCUT2D eigenvalue weighted by Crippen LogP contribution is 2.36. The Morgan fingerprint density at radius 3 is 2.81 bits per heavy atom. The lowest BCUT2D eigenvalue weighted by Gasteiger charge is -2.27. The van der Waals surface area contributed by atoms with E-state index in [9.17, 15) is 9.59 Å². The van der Waals surface area contributed by atoms with Crippen LogP contribution in [0.5, 0.6) is 0 Å². The smallest absolute Gasteiger partial charge is 0.410 e. The fraction of sp³-hybridized carbons (Fsp3) is 0.500. The summed E-state index contributed by atoms with van der Waals surface area (Å²) < 4.78 is 5.62. The number of hydrogen-bond acceptors (Lipinski definition) is 5. The third-order valence-electron chi connectivity index (χ3n) is 4.46. The van der Waals surface area contributed by atoms with E-state index >= 15 is 0 Å². The zero-order valence-corrected chi connectivity index (χ0v) is 18.7. The number of benzene rings is 1. The molecule has 0 bridgehead atoms. The van der Waals surface area contributed by atoms with Crippen molar-refractivity contribution in [2.75, 3.05) is 24.7 Å². The second-order valence-electron chi connectivity index (χ2n) is 7.58. The van der Waals surface area contributed by atoms with Gasteiger partial charge in [-0.2, -0.15) is 5.10 Å². The second kappa shape index (κ2) is 7.50. The van der Waals surface area contributed by atoms with E-state index in [0.29, 0.717) is 19.5 Å². The topological polar surface area (TPSA) is 87.3 Å². The molecular formula is C18H23IN4O3S. The molecule has 2 N–H and O–H groups in total. The molecule has 1 saturated heterocycles. The van der Waals surface area contributed by atoms with Gasteiger partial charge in [0.25, 0.3) is 0 Å². The maximum absolute atomic E-state index is 13.0. The Labute approximate surface area is 176 Å². The summed E-state index contributed by atoms with van der Waals surface area (Å²) in [4.78, 5) is 27.0. The van der Waals surface area contributed by atoms with E-state index in [2.05, 4.69) is 38.1 Å². The fourth-order valence-corrected chi connectivity index (χ4v) is 4.40. The molecule has 1 fully saturated rings. The normalized spacial score (nSPS) is 20.1. The largest absolute Gasteiger partial charge is 0.444 e. The number of aromatic amines is 1. The SMILES string of the molecule is CSC1(C(=O)Nc2ccc3[nH]nc(I)c3c2)CCN(C(=O)OC(C)(C)C)C1. The van der Waals surface area contributed by atoms with Crippen molar-refractivity contribution in [3.8, 4) is 0 Å². The summed E-state index contributed by atoms with van der Waals surface area (Å²) in [6.07, 6.45) is 2.12. The number of rotatable bonds is 3. The Kier molecular flexibility index (Phi) is 5.62. The van der Waals surface area contributed by atoms with Crippen molar-refractivity contribution in [3.63, 3.8) is 0 Å². The minimum absolute atomic E-state index is 0.0982. The molecule has 1 aromatic carbocycles. The summed E-state index contributed by atoms with van der Waals surface area (Å²) in [5.74, 6) is -0.0982. The van der Waals surface area contributed by atoms with Crippen LogP contribution in [0.1, 0.15) is 27.2 Å². The third kappa shape index (κ3) is 4.34. The van der Waals surface area contributed by atoms with Gasteiger partial charge in [0, 0.05) is 24.2 Å². The average Bonchev–Trinajstić information content (AvgIpc) is 3.19. The first kappa shape index (κ1) is 20.2. The number of nitrogens with one attached hydrogen (secondary N) is 2. The molecule has 2 amide bonds. The Morgan fingerprint density at radius 1 is 1.41 bits per heavy atom. The number of H-pyrrole nitrogens is 1. The standard InChI is InChI=1S/C18H23IN4O3S/c1-17(2,3)26-16(25)23-8-7-18(10-23,27-4)15(24)20-11-5-6-13-12(9-11)14(19)22-21-13/h5-6,9H,7-8,10H2,1-4H3,(H,20,24)(H,21,22). The van der Waals surface area contributed by atoms with Gasteiger partial charge in [0.15, 0.2) is 0 Å². The Hall–Kier alpha value is -1.49. The van der Waals surface area contributed by atoms with E-state index in [0.717, 1.165) is 20.3 Å². The zero-order chi connectivity index (χ0) is 19.8. The van der Waals surface area contributed by atoms with Gasteiger partial charge in [0.05, 0.1) is 5.52 Å². The highest BCUT2D eigenvalue weighted by atomic mass is 127. The first-order valence-electron chi connectivity index (χ1n) is 8.62. The molecular weight excluding hydrogens is 479 g/mol. The molecule has 27 heavy (non-hydrogen) atoms. The van der Waals surface area contributed by atoms with Gasteiger partial charge in [0.1, 0.15) is 14.0 Å². The Balaban J connectivity index is 1.73. The molecule has 7 nitrogen and oxygen atoms in total. The van der Waals surface area contributed by atoms with Gasteiger partial charge in [-0.05, 0) is 74.2 Å². The lowest BCUT2D eigenvalue weighted by Crippen LogP contribution is -2.44. The summed E-state index contributed by atoms with van der Waals surface area (Å²) in [5, 5.41) is 11.1. The van der Waals surface area contributed by atoms with E-state index < -0.39 is 10.3 Å². The van der Waals surface area contributed by atoms with Gasteiger partial charge in [-0.25, -0.2) is 4.79 Å². The average molecular weight is 502 g/mol. The number of halogens is 1. The van der Waals surface area contributed by atoms with E-state index in [-0.39, 0.29) is 12.0 Å². The quantitative estimate of drug-likeness (QED) is 0.623. The first-order valence-corrected chi connectivity index (χ1v) is 10.9. The summed E-state index contributed by atoms with van der Waals surface area (Å²) in [5.41, 5.74) is 1.09. The molecule has 2 heterocycles. The molecule has 0 saturated carbocycles. The number of nitrogens with zero attached hydrogens (tertiary/aromatic N) is 2. The van der Waals surface area contributed by atoms with Crippen LogP contribution in [0.4, 0.5) is 10.5 Å². The summed E-state index contributed by atoms with van der Waals surface area (Å²) in [6, 6.07) is 5.66. The molecule has 146 valence electrons. The molecule has 0 radical (unpaired) electrons. The molecule has 3 rings (SSSR count). The second-order valence-corrected chi connectivity index (χ2v) is 9.79. The van der Waals surface area contributed by atoms with Crippen molar-refractivity contribution in [2.24, 2.45) is 0 Å². The van der Waals surface area contributed by atoms with Crippen LogP contribution in [0.3, 0.4) is 0 Å². The third-order valence-corrected chi connectivity index (χ3v) is 6.58. The van der Waals surface area contributed by atoms with Crippen LogP contribution in [-0.4, -0.2) is 56.8 Å². The Morgan fingerprint density at radius 2 is 2.15 bits per heavy atom. The van der Waals surface area contributed by atoms with Crippen LogP contribution in [0.15, 0.2) is 18.2 Å². The molecule has 1 unspecified atom stereocenters.